The van der Waals surface area contributed by atoms with Crippen LogP contribution in [0.5, 0.6) is 5.75 Å². The van der Waals surface area contributed by atoms with Crippen molar-refractivity contribution >= 4 is 46.4 Å². The Morgan fingerprint density at radius 3 is 2.22 bits per heavy atom. The van der Waals surface area contributed by atoms with Crippen LogP contribution in [0.25, 0.3) is 0 Å². The minimum absolute atomic E-state index is 0.0464. The third-order valence-corrected chi connectivity index (χ3v) is 5.35. The second-order valence-corrected chi connectivity index (χ2v) is 8.11. The third kappa shape index (κ3) is 6.00. The van der Waals surface area contributed by atoms with Crippen molar-refractivity contribution in [2.24, 2.45) is 0 Å². The van der Waals surface area contributed by atoms with Gasteiger partial charge in [0.05, 0.1) is 5.69 Å². The Morgan fingerprint density at radius 1 is 1.08 bits per heavy atom. The number of nitrogens with zero attached hydrogens (tertiary/aromatic N) is 3. The van der Waals surface area contributed by atoms with Gasteiger partial charge >= 0.3 is 6.36 Å². The normalized spacial score (nSPS) is 13.9. The van der Waals surface area contributed by atoms with Crippen molar-refractivity contribution in [3.8, 4) is 5.75 Å². The van der Waals surface area contributed by atoms with Crippen LogP contribution in [-0.4, -0.2) is 33.8 Å². The third-order valence-electron chi connectivity index (χ3n) is 4.93. The van der Waals surface area contributed by atoms with Gasteiger partial charge in [-0.05, 0) is 49.4 Å². The zero-order valence-electron chi connectivity index (χ0n) is 18.1. The van der Waals surface area contributed by atoms with Gasteiger partial charge in [0.15, 0.2) is 5.54 Å². The van der Waals surface area contributed by atoms with Gasteiger partial charge in [0.2, 0.25) is 0 Å². The number of carbonyl (C=O) groups excluding carboxylic acids is 2. The van der Waals surface area contributed by atoms with Crippen molar-refractivity contribution in [2.75, 3.05) is 10.2 Å². The number of carbonyl (C=O) groups is 2. The number of nitrogens with one attached hydrogen (secondary N) is 1. The number of halogens is 7. The summed E-state index contributed by atoms with van der Waals surface area (Å²) in [6.07, 6.45) is -1.58. The van der Waals surface area contributed by atoms with Crippen molar-refractivity contribution in [2.45, 2.75) is 24.5 Å². The number of benzene rings is 2. The number of hydrogen-bond acceptors (Lipinski definition) is 5. The molecular weight excluding hydrogens is 534 g/mol. The van der Waals surface area contributed by atoms with E-state index in [1.165, 1.54) is 13.0 Å². The maximum Gasteiger partial charge on any atom is 0.573 e. The first kappa shape index (κ1) is 27.1. The summed E-state index contributed by atoms with van der Waals surface area (Å²) < 4.78 is 70.0. The molecule has 1 N–H and O–H groups in total. The monoisotopic (exact) mass is 548 g/mol. The van der Waals surface area contributed by atoms with Gasteiger partial charge in [0, 0.05) is 28.7 Å². The lowest BCUT2D eigenvalue weighted by molar-refractivity contribution is -0.274. The molecule has 0 bridgehead atoms. The summed E-state index contributed by atoms with van der Waals surface area (Å²) in [6, 6.07) is 7.05. The first-order valence-corrected chi connectivity index (χ1v) is 10.6. The fourth-order valence-corrected chi connectivity index (χ4v) is 3.50. The highest BCUT2D eigenvalue weighted by atomic mass is 35.5. The van der Waals surface area contributed by atoms with Crippen molar-refractivity contribution in [3.63, 3.8) is 0 Å². The fourth-order valence-electron chi connectivity index (χ4n) is 3.25. The Balaban J connectivity index is 2.15. The predicted octanol–water partition coefficient (Wildman–Crippen LogP) is 5.59. The molecule has 2 amide bonds. The Bertz CT molecular complexity index is 1250. The van der Waals surface area contributed by atoms with E-state index in [9.17, 15) is 31.5 Å². The van der Waals surface area contributed by atoms with Crippen LogP contribution in [0.2, 0.25) is 5.02 Å². The van der Waals surface area contributed by atoms with E-state index in [4.69, 9.17) is 23.2 Å². The molecule has 0 saturated heterocycles. The summed E-state index contributed by atoms with van der Waals surface area (Å²) in [5.74, 6) is -4.05. The van der Waals surface area contributed by atoms with Crippen LogP contribution < -0.4 is 15.0 Å². The van der Waals surface area contributed by atoms with E-state index in [1.54, 1.807) is 0 Å². The van der Waals surface area contributed by atoms with Crippen LogP contribution in [0.3, 0.4) is 0 Å². The Hall–Kier alpha value is -3.51. The lowest BCUT2D eigenvalue weighted by Gasteiger charge is -2.40. The molecule has 1 heterocycles. The molecule has 3 aromatic rings. The van der Waals surface area contributed by atoms with E-state index in [2.05, 4.69) is 20.0 Å². The average Bonchev–Trinajstić information content (AvgIpc) is 2.81. The van der Waals surface area contributed by atoms with Gasteiger partial charge in [-0.25, -0.2) is 18.7 Å². The van der Waals surface area contributed by atoms with Gasteiger partial charge in [-0.1, -0.05) is 23.2 Å². The molecule has 1 aromatic heterocycles. The van der Waals surface area contributed by atoms with Crippen molar-refractivity contribution in [1.29, 1.82) is 0 Å². The van der Waals surface area contributed by atoms with Crippen molar-refractivity contribution in [1.82, 2.24) is 9.97 Å². The highest BCUT2D eigenvalue weighted by Crippen LogP contribution is 2.37. The van der Waals surface area contributed by atoms with Crippen molar-refractivity contribution < 1.29 is 36.3 Å². The van der Waals surface area contributed by atoms with E-state index in [0.29, 0.717) is 4.90 Å². The van der Waals surface area contributed by atoms with Crippen LogP contribution in [0.15, 0.2) is 61.2 Å². The molecule has 0 fully saturated rings. The molecule has 36 heavy (non-hydrogen) atoms. The Labute approximate surface area is 210 Å². The van der Waals surface area contributed by atoms with E-state index >= 15 is 0 Å². The maximum atomic E-state index is 14.4. The largest absolute Gasteiger partial charge is 0.573 e. The van der Waals surface area contributed by atoms with Crippen LogP contribution >= 0.6 is 23.2 Å². The highest BCUT2D eigenvalue weighted by molar-refractivity contribution is 6.32. The van der Waals surface area contributed by atoms with E-state index < -0.39 is 40.9 Å². The SMILES string of the molecule is C[C@@](C(=O)Nc1ccc(Cl)cc1F)(c1cncnc1)N(C(=O)[C@H](F)Cl)c1ccc(OC(F)(F)F)cc1. The first-order valence-electron chi connectivity index (χ1n) is 9.83. The summed E-state index contributed by atoms with van der Waals surface area (Å²) in [4.78, 5) is 34.7. The summed E-state index contributed by atoms with van der Waals surface area (Å²) >= 11 is 11.2. The zero-order valence-corrected chi connectivity index (χ0v) is 19.6. The molecule has 14 heteroatoms. The molecule has 2 aromatic carbocycles. The summed E-state index contributed by atoms with van der Waals surface area (Å²) in [5, 5.41) is 2.35. The Kier molecular flexibility index (Phi) is 7.99. The minimum Gasteiger partial charge on any atom is -0.406 e. The predicted molar refractivity (Wildman–Crippen MR) is 121 cm³/mol. The molecule has 2 atom stereocenters. The number of anilines is 2. The quantitative estimate of drug-likeness (QED) is 0.307. The van der Waals surface area contributed by atoms with E-state index in [1.807, 2.05) is 0 Å². The number of rotatable bonds is 7. The van der Waals surface area contributed by atoms with Crippen molar-refractivity contribution in [3.05, 3.63) is 77.6 Å². The number of hydrogen-bond donors (Lipinski definition) is 1. The number of aromatic nitrogens is 2. The highest BCUT2D eigenvalue weighted by Gasteiger charge is 2.47. The number of alkyl halides is 5. The summed E-state index contributed by atoms with van der Waals surface area (Å²) in [5.41, 5.74) is -5.47. The molecular formula is C22H15Cl2F5N4O3. The zero-order chi connectivity index (χ0) is 26.7. The summed E-state index contributed by atoms with van der Waals surface area (Å²) in [6.45, 7) is 1.17. The lowest BCUT2D eigenvalue weighted by Crippen LogP contribution is -2.57. The van der Waals surface area contributed by atoms with Gasteiger partial charge in [0.25, 0.3) is 17.4 Å². The molecule has 3 rings (SSSR count). The first-order chi connectivity index (χ1) is 16.8. The Morgan fingerprint density at radius 2 is 1.69 bits per heavy atom. The molecule has 0 unspecified atom stereocenters. The van der Waals surface area contributed by atoms with Gasteiger partial charge in [0.1, 0.15) is 17.9 Å². The van der Waals surface area contributed by atoms with Gasteiger partial charge in [-0.2, -0.15) is 0 Å². The lowest BCUT2D eigenvalue weighted by atomic mass is 9.89. The smallest absolute Gasteiger partial charge is 0.406 e. The summed E-state index contributed by atoms with van der Waals surface area (Å²) in [7, 11) is 0. The molecule has 7 nitrogen and oxygen atoms in total. The standard InChI is InChI=1S/C22H15Cl2F5N4O3/c1-21(12-9-30-11-31-10-12,20(35)32-17-7-2-13(23)8-16(17)25)33(19(34)18(24)26)14-3-5-15(6-4-14)36-22(27,28)29/h2-11,18H,1H3,(H,32,35)/t18-,21-/m0/s1. The minimum atomic E-state index is -4.99. The van der Waals surface area contributed by atoms with Crippen LogP contribution in [0.4, 0.5) is 33.3 Å². The topological polar surface area (TPSA) is 84.4 Å². The van der Waals surface area contributed by atoms with Crippen LogP contribution in [0, 0.1) is 5.82 Å². The van der Waals surface area contributed by atoms with E-state index in [-0.39, 0.29) is 22.0 Å². The average molecular weight is 549 g/mol. The van der Waals surface area contributed by atoms with Gasteiger partial charge in [-0.3, -0.25) is 14.5 Å². The fraction of sp³-hybridized carbons (Fsp3) is 0.182. The van der Waals surface area contributed by atoms with Gasteiger partial charge in [-0.15, -0.1) is 13.2 Å². The molecule has 0 radical (unpaired) electrons. The molecule has 0 spiro atoms. The molecule has 0 aliphatic heterocycles. The molecule has 0 aliphatic rings. The van der Waals surface area contributed by atoms with Gasteiger partial charge < -0.3 is 10.1 Å². The van der Waals surface area contributed by atoms with E-state index in [0.717, 1.165) is 55.1 Å². The number of amides is 2. The van der Waals surface area contributed by atoms with Crippen LogP contribution in [-0.2, 0) is 15.1 Å². The second kappa shape index (κ2) is 10.6. The molecule has 0 aliphatic carbocycles. The molecule has 0 saturated carbocycles. The number of ether oxygens (including phenoxy) is 1. The second-order valence-electron chi connectivity index (χ2n) is 7.29. The maximum absolute atomic E-state index is 14.4. The molecule has 190 valence electrons. The van der Waals surface area contributed by atoms with Crippen LogP contribution in [0.1, 0.15) is 12.5 Å².